The monoisotopic (exact) mass is 391 g/mol. The van der Waals surface area contributed by atoms with Gasteiger partial charge in [-0.05, 0) is 37.1 Å². The Morgan fingerprint density at radius 2 is 1.81 bits per heavy atom. The first-order valence-electron chi connectivity index (χ1n) is 8.08. The summed E-state index contributed by atoms with van der Waals surface area (Å²) in [6.45, 7) is 3.83. The van der Waals surface area contributed by atoms with E-state index in [0.717, 1.165) is 22.9 Å². The number of alkyl halides is 3. The third-order valence-corrected chi connectivity index (χ3v) is 5.03. The number of nitrogens with zero attached hydrogens (tertiary/aromatic N) is 2. The number of anilines is 1. The predicted octanol–water partition coefficient (Wildman–Crippen LogP) is 5.00. The van der Waals surface area contributed by atoms with Gasteiger partial charge in [0.1, 0.15) is 5.03 Å². The number of aromatic nitrogens is 2. The van der Waals surface area contributed by atoms with Crippen molar-refractivity contribution in [1.29, 1.82) is 0 Å². The van der Waals surface area contributed by atoms with Crippen molar-refractivity contribution in [2.45, 2.75) is 25.0 Å². The van der Waals surface area contributed by atoms with E-state index >= 15 is 0 Å². The zero-order valence-electron chi connectivity index (χ0n) is 14.6. The van der Waals surface area contributed by atoms with Crippen LogP contribution < -0.4 is 5.32 Å². The van der Waals surface area contributed by atoms with Crippen molar-refractivity contribution in [2.24, 2.45) is 0 Å². The topological polar surface area (TPSA) is 54.9 Å². The van der Waals surface area contributed by atoms with Crippen LogP contribution in [0.5, 0.6) is 0 Å². The summed E-state index contributed by atoms with van der Waals surface area (Å²) in [7, 11) is 0. The van der Waals surface area contributed by atoms with Crippen LogP contribution in [-0.4, -0.2) is 21.6 Å². The molecule has 4 nitrogen and oxygen atoms in total. The number of halogens is 3. The van der Waals surface area contributed by atoms with Crippen LogP contribution in [0.4, 0.5) is 18.9 Å². The Labute approximate surface area is 158 Å². The van der Waals surface area contributed by atoms with Crippen LogP contribution in [0.15, 0.2) is 47.5 Å². The van der Waals surface area contributed by atoms with Crippen LogP contribution >= 0.6 is 11.8 Å². The highest BCUT2D eigenvalue weighted by molar-refractivity contribution is 8.00. The minimum atomic E-state index is -4.65. The number of thioether (sulfide) groups is 1. The fraction of sp³-hybridized carbons (Fsp3) is 0.211. The van der Waals surface area contributed by atoms with E-state index < -0.39 is 12.0 Å². The van der Waals surface area contributed by atoms with Gasteiger partial charge in [-0.25, -0.2) is 9.97 Å². The van der Waals surface area contributed by atoms with Crippen molar-refractivity contribution in [3.63, 3.8) is 0 Å². The average molecular weight is 391 g/mol. The molecule has 0 fully saturated rings. The first kappa shape index (κ1) is 19.2. The number of benzene rings is 2. The largest absolute Gasteiger partial charge is 0.451 e. The van der Waals surface area contributed by atoms with Gasteiger partial charge in [-0.15, -0.1) is 0 Å². The average Bonchev–Trinajstić information content (AvgIpc) is 2.62. The molecule has 0 spiro atoms. The van der Waals surface area contributed by atoms with Crippen LogP contribution in [0, 0.1) is 13.8 Å². The van der Waals surface area contributed by atoms with Gasteiger partial charge in [0.2, 0.25) is 11.7 Å². The molecule has 0 atom stereocenters. The van der Waals surface area contributed by atoms with E-state index in [2.05, 4.69) is 15.3 Å². The summed E-state index contributed by atoms with van der Waals surface area (Å²) in [5.74, 6) is -1.59. The highest BCUT2D eigenvalue weighted by Gasteiger charge is 2.35. The molecule has 3 rings (SSSR count). The second-order valence-electron chi connectivity index (χ2n) is 5.95. The highest BCUT2D eigenvalue weighted by Crippen LogP contribution is 2.32. The molecule has 0 aliphatic carbocycles. The number of hydrogen-bond donors (Lipinski definition) is 1. The molecule has 1 amide bonds. The number of carbonyl (C=O) groups is 1. The first-order chi connectivity index (χ1) is 12.8. The van der Waals surface area contributed by atoms with Crippen molar-refractivity contribution < 1.29 is 18.0 Å². The van der Waals surface area contributed by atoms with Gasteiger partial charge >= 0.3 is 6.18 Å². The molecule has 1 aromatic heterocycles. The SMILES string of the molecule is Cc1cccc(NC(=O)CSc2nc(C(F)(F)F)nc3ccccc23)c1C. The Morgan fingerprint density at radius 3 is 2.56 bits per heavy atom. The smallest absolute Gasteiger partial charge is 0.325 e. The quantitative estimate of drug-likeness (QED) is 0.503. The molecule has 2 aromatic carbocycles. The molecule has 0 aliphatic heterocycles. The van der Waals surface area contributed by atoms with Crippen molar-refractivity contribution in [2.75, 3.05) is 11.1 Å². The van der Waals surface area contributed by atoms with E-state index in [9.17, 15) is 18.0 Å². The maximum atomic E-state index is 13.1. The first-order valence-corrected chi connectivity index (χ1v) is 9.07. The standard InChI is InChI=1S/C19H16F3N3OS/c1-11-6-5-9-14(12(11)2)23-16(26)10-27-17-13-7-3-4-8-15(13)24-18(25-17)19(20,21)22/h3-9H,10H2,1-2H3,(H,23,26). The Bertz CT molecular complexity index is 1010. The van der Waals surface area contributed by atoms with E-state index in [1.807, 2.05) is 26.0 Å². The Hall–Kier alpha value is -2.61. The fourth-order valence-electron chi connectivity index (χ4n) is 2.49. The Kier molecular flexibility index (Phi) is 5.36. The summed E-state index contributed by atoms with van der Waals surface area (Å²) in [6.07, 6.45) is -4.65. The van der Waals surface area contributed by atoms with Crippen LogP contribution in [0.3, 0.4) is 0 Å². The molecule has 0 aliphatic rings. The van der Waals surface area contributed by atoms with Crippen molar-refractivity contribution in [3.8, 4) is 0 Å². The van der Waals surface area contributed by atoms with Crippen molar-refractivity contribution >= 4 is 34.3 Å². The Morgan fingerprint density at radius 1 is 1.07 bits per heavy atom. The van der Waals surface area contributed by atoms with E-state index in [1.54, 1.807) is 24.3 Å². The molecule has 0 unspecified atom stereocenters. The lowest BCUT2D eigenvalue weighted by molar-refractivity contribution is -0.145. The summed E-state index contributed by atoms with van der Waals surface area (Å²) in [4.78, 5) is 19.5. The molecule has 0 saturated carbocycles. The van der Waals surface area contributed by atoms with Crippen LogP contribution in [0.1, 0.15) is 17.0 Å². The normalized spacial score (nSPS) is 11.6. The van der Waals surface area contributed by atoms with Gasteiger partial charge in [-0.2, -0.15) is 13.2 Å². The number of nitrogens with one attached hydrogen (secondary N) is 1. The number of amides is 1. The second kappa shape index (κ2) is 7.56. The van der Waals surface area contributed by atoms with Crippen molar-refractivity contribution in [3.05, 3.63) is 59.4 Å². The zero-order valence-corrected chi connectivity index (χ0v) is 15.4. The van der Waals surface area contributed by atoms with Gasteiger partial charge in [0.15, 0.2) is 0 Å². The number of aryl methyl sites for hydroxylation is 1. The van der Waals surface area contributed by atoms with Gasteiger partial charge < -0.3 is 5.32 Å². The molecule has 140 valence electrons. The molecule has 27 heavy (non-hydrogen) atoms. The molecule has 8 heteroatoms. The van der Waals surface area contributed by atoms with E-state index in [4.69, 9.17) is 0 Å². The maximum Gasteiger partial charge on any atom is 0.451 e. The lowest BCUT2D eigenvalue weighted by Gasteiger charge is -2.12. The molecule has 3 aromatic rings. The molecular formula is C19H16F3N3OS. The number of carbonyl (C=O) groups excluding carboxylic acids is 1. The third-order valence-electron chi connectivity index (χ3n) is 4.04. The minimum Gasteiger partial charge on any atom is -0.325 e. The van der Waals surface area contributed by atoms with Crippen LogP contribution in [0.2, 0.25) is 0 Å². The molecule has 0 saturated heterocycles. The van der Waals surface area contributed by atoms with E-state index in [0.29, 0.717) is 11.1 Å². The molecule has 0 radical (unpaired) electrons. The molecule has 1 heterocycles. The number of hydrogen-bond acceptors (Lipinski definition) is 4. The molecule has 1 N–H and O–H groups in total. The lowest BCUT2D eigenvalue weighted by atomic mass is 10.1. The summed E-state index contributed by atoms with van der Waals surface area (Å²) in [6, 6.07) is 12.0. The zero-order chi connectivity index (χ0) is 19.6. The third kappa shape index (κ3) is 4.39. The predicted molar refractivity (Wildman–Crippen MR) is 99.8 cm³/mol. The van der Waals surface area contributed by atoms with Gasteiger partial charge in [0.05, 0.1) is 11.3 Å². The number of rotatable bonds is 4. The van der Waals surface area contributed by atoms with Crippen LogP contribution in [0.25, 0.3) is 10.9 Å². The lowest BCUT2D eigenvalue weighted by Crippen LogP contribution is -2.16. The summed E-state index contributed by atoms with van der Waals surface area (Å²) in [5, 5.41) is 3.40. The second-order valence-corrected chi connectivity index (χ2v) is 6.92. The van der Waals surface area contributed by atoms with E-state index in [1.165, 1.54) is 6.07 Å². The summed E-state index contributed by atoms with van der Waals surface area (Å²) < 4.78 is 39.2. The van der Waals surface area contributed by atoms with Gasteiger partial charge in [0.25, 0.3) is 0 Å². The van der Waals surface area contributed by atoms with Crippen LogP contribution in [-0.2, 0) is 11.0 Å². The van der Waals surface area contributed by atoms with Gasteiger partial charge in [-0.3, -0.25) is 4.79 Å². The van der Waals surface area contributed by atoms with Gasteiger partial charge in [-0.1, -0.05) is 42.1 Å². The van der Waals surface area contributed by atoms with E-state index in [-0.39, 0.29) is 22.2 Å². The maximum absolute atomic E-state index is 13.1. The molecule has 0 bridgehead atoms. The Balaban J connectivity index is 1.82. The summed E-state index contributed by atoms with van der Waals surface area (Å²) >= 11 is 0.954. The van der Waals surface area contributed by atoms with Gasteiger partial charge in [0, 0.05) is 11.1 Å². The number of fused-ring (bicyclic) bond motifs is 1. The molecular weight excluding hydrogens is 375 g/mol. The highest BCUT2D eigenvalue weighted by atomic mass is 32.2. The van der Waals surface area contributed by atoms with Crippen molar-refractivity contribution in [1.82, 2.24) is 9.97 Å². The number of para-hydroxylation sites is 1. The summed E-state index contributed by atoms with van der Waals surface area (Å²) in [5.41, 5.74) is 2.86. The minimum absolute atomic E-state index is 0.0638. The fourth-order valence-corrected chi connectivity index (χ4v) is 3.31.